The van der Waals surface area contributed by atoms with Gasteiger partial charge in [-0.1, -0.05) is 0 Å². The fourth-order valence-corrected chi connectivity index (χ4v) is 3.01. The van der Waals surface area contributed by atoms with Crippen molar-refractivity contribution < 1.29 is 8.42 Å². The molecule has 1 aromatic rings. The molecule has 1 fully saturated rings. The minimum atomic E-state index is -3.23. The van der Waals surface area contributed by atoms with Gasteiger partial charge in [0.1, 0.15) is 0 Å². The van der Waals surface area contributed by atoms with Crippen LogP contribution in [-0.4, -0.2) is 61.6 Å². The molecule has 1 aliphatic rings. The number of rotatable bonds is 6. The second-order valence-corrected chi connectivity index (χ2v) is 6.64. The van der Waals surface area contributed by atoms with E-state index in [1.165, 1.54) is 0 Å². The van der Waals surface area contributed by atoms with Gasteiger partial charge in [-0.3, -0.25) is 9.58 Å². The highest BCUT2D eigenvalue weighted by atomic mass is 32.2. The Bertz CT molecular complexity index is 493. The summed E-state index contributed by atoms with van der Waals surface area (Å²) in [5.41, 5.74) is 0.730. The van der Waals surface area contributed by atoms with Crippen molar-refractivity contribution in [1.29, 1.82) is 0 Å². The smallest absolute Gasteiger partial charge is 0.213 e. The van der Waals surface area contributed by atoms with Crippen LogP contribution in [0.4, 0.5) is 0 Å². The summed E-state index contributed by atoms with van der Waals surface area (Å²) in [7, 11) is -1.42. The second kappa shape index (κ2) is 6.47. The van der Waals surface area contributed by atoms with Gasteiger partial charge in [0.05, 0.1) is 18.0 Å². The minimum Gasteiger partial charge on any atom is -0.314 e. The molecule has 0 aliphatic carbocycles. The molecule has 2 heterocycles. The standard InChI is InChI=1S/C11H21N5O2S/c1-15-5-2-11(14-15)10-13-19(17,18)9-8-16-6-3-12-4-7-16/h2,5,12-13H,3-4,6-10H2,1H3. The van der Waals surface area contributed by atoms with Crippen molar-refractivity contribution in [2.24, 2.45) is 7.05 Å². The monoisotopic (exact) mass is 287 g/mol. The van der Waals surface area contributed by atoms with E-state index in [2.05, 4.69) is 20.0 Å². The highest BCUT2D eigenvalue weighted by Crippen LogP contribution is 1.97. The predicted molar refractivity (Wildman–Crippen MR) is 73.1 cm³/mol. The van der Waals surface area contributed by atoms with Gasteiger partial charge in [-0.15, -0.1) is 0 Å². The first-order valence-electron chi connectivity index (χ1n) is 6.44. The molecule has 0 spiro atoms. The third-order valence-electron chi connectivity index (χ3n) is 3.13. The van der Waals surface area contributed by atoms with E-state index in [-0.39, 0.29) is 12.3 Å². The molecule has 7 nitrogen and oxygen atoms in total. The van der Waals surface area contributed by atoms with Gasteiger partial charge >= 0.3 is 0 Å². The maximum absolute atomic E-state index is 11.9. The number of aryl methyl sites for hydroxylation is 1. The molecule has 19 heavy (non-hydrogen) atoms. The van der Waals surface area contributed by atoms with Crippen LogP contribution in [0.2, 0.25) is 0 Å². The van der Waals surface area contributed by atoms with E-state index in [9.17, 15) is 8.42 Å². The van der Waals surface area contributed by atoms with E-state index in [1.54, 1.807) is 16.9 Å². The van der Waals surface area contributed by atoms with E-state index in [0.29, 0.717) is 6.54 Å². The van der Waals surface area contributed by atoms with Crippen molar-refractivity contribution in [3.05, 3.63) is 18.0 Å². The Balaban J connectivity index is 1.75. The minimum absolute atomic E-state index is 0.139. The summed E-state index contributed by atoms with van der Waals surface area (Å²) >= 11 is 0. The van der Waals surface area contributed by atoms with Crippen LogP contribution < -0.4 is 10.0 Å². The zero-order valence-electron chi connectivity index (χ0n) is 11.2. The molecule has 0 radical (unpaired) electrons. The second-order valence-electron chi connectivity index (χ2n) is 4.71. The van der Waals surface area contributed by atoms with Crippen molar-refractivity contribution in [1.82, 2.24) is 24.7 Å². The van der Waals surface area contributed by atoms with Crippen LogP contribution in [0.3, 0.4) is 0 Å². The summed E-state index contributed by atoms with van der Waals surface area (Å²) in [5.74, 6) is 0.139. The molecule has 0 saturated carbocycles. The van der Waals surface area contributed by atoms with Crippen LogP contribution in [0, 0.1) is 0 Å². The van der Waals surface area contributed by atoms with Gasteiger partial charge in [0, 0.05) is 46.0 Å². The molecule has 0 atom stereocenters. The first-order chi connectivity index (χ1) is 9.05. The lowest BCUT2D eigenvalue weighted by molar-refractivity contribution is 0.253. The van der Waals surface area contributed by atoms with Crippen molar-refractivity contribution in [3.8, 4) is 0 Å². The molecule has 8 heteroatoms. The molecule has 2 N–H and O–H groups in total. The zero-order chi connectivity index (χ0) is 13.7. The van der Waals surface area contributed by atoms with Crippen LogP contribution in [0.1, 0.15) is 5.69 Å². The third kappa shape index (κ3) is 4.90. The number of nitrogens with one attached hydrogen (secondary N) is 2. The number of sulfonamides is 1. The molecular formula is C11H21N5O2S. The van der Waals surface area contributed by atoms with Gasteiger partial charge in [0.2, 0.25) is 10.0 Å². The Labute approximate surface area is 114 Å². The van der Waals surface area contributed by atoms with Gasteiger partial charge in [0.15, 0.2) is 0 Å². The Morgan fingerprint density at radius 2 is 2.16 bits per heavy atom. The third-order valence-corrected chi connectivity index (χ3v) is 4.43. The van der Waals surface area contributed by atoms with E-state index in [1.807, 2.05) is 7.05 Å². The highest BCUT2D eigenvalue weighted by Gasteiger charge is 2.15. The van der Waals surface area contributed by atoms with Crippen LogP contribution in [0.25, 0.3) is 0 Å². The normalized spacial score (nSPS) is 17.7. The van der Waals surface area contributed by atoms with Gasteiger partial charge < -0.3 is 5.32 Å². The molecule has 1 aliphatic heterocycles. The van der Waals surface area contributed by atoms with Gasteiger partial charge in [-0.25, -0.2) is 13.1 Å². The van der Waals surface area contributed by atoms with Crippen molar-refractivity contribution in [3.63, 3.8) is 0 Å². The van der Waals surface area contributed by atoms with Crippen molar-refractivity contribution >= 4 is 10.0 Å². The van der Waals surface area contributed by atoms with Crippen LogP contribution in [0.5, 0.6) is 0 Å². The molecule has 108 valence electrons. The highest BCUT2D eigenvalue weighted by molar-refractivity contribution is 7.89. The topological polar surface area (TPSA) is 79.3 Å². The zero-order valence-corrected chi connectivity index (χ0v) is 12.0. The summed E-state index contributed by atoms with van der Waals surface area (Å²) < 4.78 is 28.0. The van der Waals surface area contributed by atoms with Crippen LogP contribution in [-0.2, 0) is 23.6 Å². The lowest BCUT2D eigenvalue weighted by Gasteiger charge is -2.26. The first kappa shape index (κ1) is 14.4. The fourth-order valence-electron chi connectivity index (χ4n) is 2.00. The van der Waals surface area contributed by atoms with E-state index in [4.69, 9.17) is 0 Å². The van der Waals surface area contributed by atoms with Crippen molar-refractivity contribution in [2.75, 3.05) is 38.5 Å². The Morgan fingerprint density at radius 1 is 1.42 bits per heavy atom. The van der Waals surface area contributed by atoms with Gasteiger partial charge in [-0.05, 0) is 6.07 Å². The average molecular weight is 287 g/mol. The Morgan fingerprint density at radius 3 is 2.79 bits per heavy atom. The van der Waals surface area contributed by atoms with Crippen molar-refractivity contribution in [2.45, 2.75) is 6.54 Å². The number of aromatic nitrogens is 2. The summed E-state index contributed by atoms with van der Waals surface area (Å²) in [6, 6.07) is 1.80. The van der Waals surface area contributed by atoms with E-state index < -0.39 is 10.0 Å². The molecule has 2 rings (SSSR count). The Kier molecular flexibility index (Phi) is 4.92. The number of nitrogens with zero attached hydrogens (tertiary/aromatic N) is 3. The van der Waals surface area contributed by atoms with Crippen LogP contribution in [0.15, 0.2) is 12.3 Å². The molecule has 1 aromatic heterocycles. The summed E-state index contributed by atoms with van der Waals surface area (Å²) in [6.45, 7) is 4.53. The molecule has 0 bridgehead atoms. The quantitative estimate of drug-likeness (QED) is 0.683. The SMILES string of the molecule is Cn1ccc(CNS(=O)(=O)CCN2CCNCC2)n1. The number of piperazine rings is 1. The predicted octanol–water partition coefficient (Wildman–Crippen LogP) is -1.26. The largest absolute Gasteiger partial charge is 0.314 e. The van der Waals surface area contributed by atoms with E-state index in [0.717, 1.165) is 31.9 Å². The lowest BCUT2D eigenvalue weighted by Crippen LogP contribution is -2.45. The molecule has 0 unspecified atom stereocenters. The summed E-state index contributed by atoms with van der Waals surface area (Å²) in [4.78, 5) is 2.16. The first-order valence-corrected chi connectivity index (χ1v) is 8.09. The van der Waals surface area contributed by atoms with Crippen LogP contribution >= 0.6 is 0 Å². The molecule has 0 amide bonds. The molecular weight excluding hydrogens is 266 g/mol. The molecule has 1 saturated heterocycles. The average Bonchev–Trinajstić information content (AvgIpc) is 2.82. The van der Waals surface area contributed by atoms with E-state index >= 15 is 0 Å². The number of hydrogen-bond donors (Lipinski definition) is 2. The number of hydrogen-bond acceptors (Lipinski definition) is 5. The fraction of sp³-hybridized carbons (Fsp3) is 0.727. The summed E-state index contributed by atoms with van der Waals surface area (Å²) in [5, 5.41) is 7.38. The maximum Gasteiger partial charge on any atom is 0.213 e. The Hall–Kier alpha value is -0.960. The lowest BCUT2D eigenvalue weighted by atomic mass is 10.4. The summed E-state index contributed by atoms with van der Waals surface area (Å²) in [6.07, 6.45) is 1.80. The van der Waals surface area contributed by atoms with Gasteiger partial charge in [-0.2, -0.15) is 5.10 Å². The molecule has 0 aromatic carbocycles. The maximum atomic E-state index is 11.9. The van der Waals surface area contributed by atoms with Gasteiger partial charge in [0.25, 0.3) is 0 Å².